The van der Waals surface area contributed by atoms with E-state index < -0.39 is 8.07 Å². The second kappa shape index (κ2) is 5.56. The van der Waals surface area contributed by atoms with Gasteiger partial charge >= 0.3 is 0 Å². The summed E-state index contributed by atoms with van der Waals surface area (Å²) >= 11 is 3.33. The molecule has 0 spiro atoms. The van der Waals surface area contributed by atoms with Gasteiger partial charge in [-0.25, -0.2) is 9.97 Å². The molecule has 0 saturated heterocycles. The maximum Gasteiger partial charge on any atom is 0.223 e. The number of fused-ring (bicyclic) bond motifs is 1. The summed E-state index contributed by atoms with van der Waals surface area (Å²) in [5, 5.41) is 0. The Balaban J connectivity index is 2.05. The molecule has 8 heteroatoms. The predicted octanol–water partition coefficient (Wildman–Crippen LogP) is 2.48. The Morgan fingerprint density at radius 3 is 2.79 bits per heavy atom. The van der Waals surface area contributed by atoms with Gasteiger partial charge in [-0.1, -0.05) is 19.6 Å². The average Bonchev–Trinajstić information content (AvgIpc) is 2.66. The minimum atomic E-state index is -1.05. The number of nitrogens with zero attached hydrogens (tertiary/aromatic N) is 4. The third-order valence-corrected chi connectivity index (χ3v) is 4.92. The maximum absolute atomic E-state index is 5.68. The van der Waals surface area contributed by atoms with Crippen LogP contribution in [0.5, 0.6) is 0 Å². The summed E-state index contributed by atoms with van der Waals surface area (Å²) in [5.41, 5.74) is 7.02. The van der Waals surface area contributed by atoms with E-state index in [1.54, 1.807) is 6.33 Å². The van der Waals surface area contributed by atoms with Gasteiger partial charge in [0.1, 0.15) is 16.9 Å². The summed E-state index contributed by atoms with van der Waals surface area (Å²) in [4.78, 5) is 12.5. The normalized spacial score (nSPS) is 12.2. The second-order valence-corrected chi connectivity index (χ2v) is 12.0. The SMILES string of the molecule is C[Si](C)(C)CCOCn1cnc2c(Br)nc(N)nc21. The van der Waals surface area contributed by atoms with E-state index in [9.17, 15) is 0 Å². The van der Waals surface area contributed by atoms with Crippen molar-refractivity contribution in [1.29, 1.82) is 0 Å². The summed E-state index contributed by atoms with van der Waals surface area (Å²) in [5.74, 6) is 0.225. The molecule has 0 aliphatic heterocycles. The molecule has 0 amide bonds. The van der Waals surface area contributed by atoms with E-state index in [1.165, 1.54) is 0 Å². The predicted molar refractivity (Wildman–Crippen MR) is 81.5 cm³/mol. The highest BCUT2D eigenvalue weighted by Crippen LogP contribution is 2.20. The second-order valence-electron chi connectivity index (χ2n) is 5.61. The lowest BCUT2D eigenvalue weighted by atomic mass is 10.5. The summed E-state index contributed by atoms with van der Waals surface area (Å²) in [6.07, 6.45) is 1.69. The number of ether oxygens (including phenoxy) is 1. The number of aromatic nitrogens is 4. The van der Waals surface area contributed by atoms with Gasteiger partial charge in [0.2, 0.25) is 5.95 Å². The number of nitrogen functional groups attached to an aromatic ring is 1. The van der Waals surface area contributed by atoms with Gasteiger partial charge in [0, 0.05) is 14.7 Å². The van der Waals surface area contributed by atoms with Gasteiger partial charge in [-0.05, 0) is 22.0 Å². The summed E-state index contributed by atoms with van der Waals surface area (Å²) in [6, 6.07) is 1.14. The highest BCUT2D eigenvalue weighted by atomic mass is 79.9. The van der Waals surface area contributed by atoms with Crippen LogP contribution in [0.25, 0.3) is 11.2 Å². The fourth-order valence-electron chi connectivity index (χ4n) is 1.56. The summed E-state index contributed by atoms with van der Waals surface area (Å²) in [7, 11) is -1.05. The van der Waals surface area contributed by atoms with E-state index in [0.29, 0.717) is 22.5 Å². The molecule has 2 rings (SSSR count). The van der Waals surface area contributed by atoms with E-state index in [-0.39, 0.29) is 5.95 Å². The molecule has 0 aliphatic rings. The van der Waals surface area contributed by atoms with E-state index in [4.69, 9.17) is 10.5 Å². The molecule has 6 nitrogen and oxygen atoms in total. The van der Waals surface area contributed by atoms with Crippen molar-refractivity contribution in [2.75, 3.05) is 12.3 Å². The Bertz CT molecular complexity index is 580. The lowest BCUT2D eigenvalue weighted by Gasteiger charge is -2.15. The van der Waals surface area contributed by atoms with Crippen LogP contribution in [-0.2, 0) is 11.5 Å². The van der Waals surface area contributed by atoms with Crippen molar-refractivity contribution in [2.24, 2.45) is 0 Å². The standard InChI is InChI=1S/C11H18BrN5OSi/c1-19(2,3)5-4-18-7-17-6-14-8-9(12)15-11(13)16-10(8)17/h6H,4-5,7H2,1-3H3,(H2,13,15,16). The van der Waals surface area contributed by atoms with Crippen molar-refractivity contribution in [1.82, 2.24) is 19.5 Å². The Hall–Kier alpha value is -0.993. The van der Waals surface area contributed by atoms with Crippen molar-refractivity contribution >= 4 is 41.1 Å². The van der Waals surface area contributed by atoms with Gasteiger partial charge in [0.15, 0.2) is 5.65 Å². The molecule has 0 radical (unpaired) electrons. The molecule has 2 aromatic rings. The molecule has 0 fully saturated rings. The number of hydrogen-bond donors (Lipinski definition) is 1. The van der Waals surface area contributed by atoms with Crippen molar-refractivity contribution < 1.29 is 4.74 Å². The number of anilines is 1. The zero-order valence-electron chi connectivity index (χ0n) is 11.4. The van der Waals surface area contributed by atoms with Crippen LogP contribution >= 0.6 is 15.9 Å². The first kappa shape index (κ1) is 14.4. The highest BCUT2D eigenvalue weighted by Gasteiger charge is 2.13. The molecule has 0 bridgehead atoms. The smallest absolute Gasteiger partial charge is 0.223 e. The molecule has 19 heavy (non-hydrogen) atoms. The van der Waals surface area contributed by atoms with Gasteiger partial charge in [0.25, 0.3) is 0 Å². The van der Waals surface area contributed by atoms with E-state index >= 15 is 0 Å². The first-order chi connectivity index (χ1) is 8.87. The molecular formula is C11H18BrN5OSi. The average molecular weight is 344 g/mol. The van der Waals surface area contributed by atoms with Crippen LogP contribution in [0.2, 0.25) is 25.7 Å². The monoisotopic (exact) mass is 343 g/mol. The first-order valence-corrected chi connectivity index (χ1v) is 10.6. The fourth-order valence-corrected chi connectivity index (χ4v) is 2.78. The largest absolute Gasteiger partial charge is 0.368 e. The van der Waals surface area contributed by atoms with Gasteiger partial charge in [-0.15, -0.1) is 0 Å². The fraction of sp³-hybridized carbons (Fsp3) is 0.545. The Morgan fingerprint density at radius 2 is 2.11 bits per heavy atom. The van der Waals surface area contributed by atoms with Crippen LogP contribution in [0.4, 0.5) is 5.95 Å². The number of hydrogen-bond acceptors (Lipinski definition) is 5. The molecule has 0 atom stereocenters. The van der Waals surface area contributed by atoms with Gasteiger partial charge in [-0.2, -0.15) is 4.98 Å². The highest BCUT2D eigenvalue weighted by molar-refractivity contribution is 9.10. The van der Waals surface area contributed by atoms with Crippen LogP contribution < -0.4 is 5.73 Å². The molecular weight excluding hydrogens is 326 g/mol. The molecule has 0 aromatic carbocycles. The van der Waals surface area contributed by atoms with Crippen LogP contribution in [-0.4, -0.2) is 34.2 Å². The molecule has 104 valence electrons. The lowest BCUT2D eigenvalue weighted by Crippen LogP contribution is -2.22. The van der Waals surface area contributed by atoms with Crippen molar-refractivity contribution in [3.05, 3.63) is 10.9 Å². The van der Waals surface area contributed by atoms with Gasteiger partial charge < -0.3 is 10.5 Å². The topological polar surface area (TPSA) is 78.8 Å². The van der Waals surface area contributed by atoms with Crippen LogP contribution in [0.1, 0.15) is 0 Å². The van der Waals surface area contributed by atoms with Crippen LogP contribution in [0.15, 0.2) is 10.9 Å². The van der Waals surface area contributed by atoms with E-state index in [2.05, 4.69) is 50.5 Å². The summed E-state index contributed by atoms with van der Waals surface area (Å²) < 4.78 is 8.13. The third kappa shape index (κ3) is 3.74. The van der Waals surface area contributed by atoms with Crippen molar-refractivity contribution in [2.45, 2.75) is 32.4 Å². The number of rotatable bonds is 5. The van der Waals surface area contributed by atoms with Crippen molar-refractivity contribution in [3.63, 3.8) is 0 Å². The Labute approximate surface area is 121 Å². The molecule has 0 saturated carbocycles. The van der Waals surface area contributed by atoms with E-state index in [1.807, 2.05) is 4.57 Å². The van der Waals surface area contributed by atoms with Gasteiger partial charge in [-0.3, -0.25) is 4.57 Å². The zero-order valence-corrected chi connectivity index (χ0v) is 13.9. The molecule has 2 heterocycles. The Morgan fingerprint density at radius 1 is 1.37 bits per heavy atom. The number of imidazole rings is 1. The minimum Gasteiger partial charge on any atom is -0.368 e. The molecule has 2 N–H and O–H groups in total. The van der Waals surface area contributed by atoms with Gasteiger partial charge in [0.05, 0.1) is 6.33 Å². The molecule has 2 aromatic heterocycles. The quantitative estimate of drug-likeness (QED) is 0.512. The summed E-state index contributed by atoms with van der Waals surface area (Å²) in [6.45, 7) is 8.18. The van der Waals surface area contributed by atoms with Crippen LogP contribution in [0.3, 0.4) is 0 Å². The lowest BCUT2D eigenvalue weighted by molar-refractivity contribution is 0.0895. The van der Waals surface area contributed by atoms with E-state index in [0.717, 1.165) is 12.7 Å². The molecule has 0 aliphatic carbocycles. The number of halogens is 1. The zero-order chi connectivity index (χ0) is 14.0. The third-order valence-electron chi connectivity index (χ3n) is 2.67. The minimum absolute atomic E-state index is 0.225. The maximum atomic E-state index is 5.68. The number of nitrogens with two attached hydrogens (primary N) is 1. The Kier molecular flexibility index (Phi) is 4.22. The molecule has 0 unspecified atom stereocenters. The first-order valence-electron chi connectivity index (χ1n) is 6.08. The van der Waals surface area contributed by atoms with Crippen molar-refractivity contribution in [3.8, 4) is 0 Å². The van der Waals surface area contributed by atoms with Crippen LogP contribution in [0, 0.1) is 0 Å².